The predicted octanol–water partition coefficient (Wildman–Crippen LogP) is 5.49. The van der Waals surface area contributed by atoms with E-state index in [0.717, 1.165) is 33.6 Å². The molecule has 4 rings (SSSR count). The Hall–Kier alpha value is -3.03. The van der Waals surface area contributed by atoms with Crippen molar-refractivity contribution in [2.45, 2.75) is 6.54 Å². The van der Waals surface area contributed by atoms with Crippen molar-refractivity contribution in [1.29, 1.82) is 0 Å². The second-order valence-corrected chi connectivity index (χ2v) is 9.06. The fourth-order valence-electron chi connectivity index (χ4n) is 3.47. The molecule has 0 atom stereocenters. The molecule has 0 aliphatic rings. The van der Waals surface area contributed by atoms with Crippen LogP contribution in [0.5, 0.6) is 11.5 Å². The number of methoxy groups -OCH3 is 2. The molecule has 4 aromatic rings. The lowest BCUT2D eigenvalue weighted by atomic mass is 10.0. The molecule has 0 fully saturated rings. The zero-order chi connectivity index (χ0) is 22.5. The zero-order valence-corrected chi connectivity index (χ0v) is 19.8. The highest BCUT2D eigenvalue weighted by molar-refractivity contribution is 7.98. The Morgan fingerprint density at radius 3 is 2.28 bits per heavy atom. The number of ether oxygens (including phenoxy) is 2. The van der Waals surface area contributed by atoms with Gasteiger partial charge in [-0.1, -0.05) is 53.8 Å². The summed E-state index contributed by atoms with van der Waals surface area (Å²) in [5.41, 5.74) is 3.73. The maximum atomic E-state index is 13.0. The molecule has 164 valence electrons. The van der Waals surface area contributed by atoms with Gasteiger partial charge in [0.1, 0.15) is 0 Å². The summed E-state index contributed by atoms with van der Waals surface area (Å²) in [4.78, 5) is 18.1. The van der Waals surface area contributed by atoms with E-state index < -0.39 is 0 Å². The van der Waals surface area contributed by atoms with E-state index in [1.54, 1.807) is 26.0 Å². The smallest absolute Gasteiger partial charge is 0.279 e. The summed E-state index contributed by atoms with van der Waals surface area (Å²) in [6.45, 7) is 0.746. The Kier molecular flexibility index (Phi) is 6.97. The van der Waals surface area contributed by atoms with Crippen LogP contribution in [-0.4, -0.2) is 36.7 Å². The van der Waals surface area contributed by atoms with E-state index in [-0.39, 0.29) is 5.91 Å². The van der Waals surface area contributed by atoms with Crippen molar-refractivity contribution >= 4 is 39.2 Å². The first kappa shape index (κ1) is 22.2. The van der Waals surface area contributed by atoms with Crippen molar-refractivity contribution < 1.29 is 14.3 Å². The molecule has 5 nitrogen and oxygen atoms in total. The van der Waals surface area contributed by atoms with E-state index in [0.29, 0.717) is 21.9 Å². The summed E-state index contributed by atoms with van der Waals surface area (Å²) in [5.74, 6) is 1.97. The van der Waals surface area contributed by atoms with E-state index in [1.165, 1.54) is 11.3 Å². The molecule has 3 aromatic carbocycles. The van der Waals surface area contributed by atoms with E-state index in [4.69, 9.17) is 9.47 Å². The Morgan fingerprint density at radius 1 is 0.969 bits per heavy atom. The topological polar surface area (TPSA) is 52.8 Å². The molecule has 0 radical (unpaired) electrons. The van der Waals surface area contributed by atoms with Crippen LogP contribution in [0.3, 0.4) is 0 Å². The number of hydrogen-bond acceptors (Lipinski definition) is 5. The number of thioether (sulfide) groups is 1. The number of aromatic nitrogens is 1. The van der Waals surface area contributed by atoms with Gasteiger partial charge >= 0.3 is 0 Å². The average Bonchev–Trinajstić information content (AvgIpc) is 3.17. The lowest BCUT2D eigenvalue weighted by Gasteiger charge is -2.09. The van der Waals surface area contributed by atoms with Crippen LogP contribution >= 0.6 is 23.1 Å². The third-order valence-corrected chi connectivity index (χ3v) is 6.78. The summed E-state index contributed by atoms with van der Waals surface area (Å²) in [5, 5.41) is 0. The third-order valence-electron chi connectivity index (χ3n) is 5.14. The minimum Gasteiger partial charge on any atom is -0.493 e. The monoisotopic (exact) mass is 464 g/mol. The van der Waals surface area contributed by atoms with Gasteiger partial charge < -0.3 is 14.0 Å². The fourth-order valence-corrected chi connectivity index (χ4v) is 4.90. The Balaban J connectivity index is 1.74. The first-order valence-corrected chi connectivity index (χ1v) is 12.3. The third kappa shape index (κ3) is 4.59. The first-order valence-electron chi connectivity index (χ1n) is 10.1. The van der Waals surface area contributed by atoms with Gasteiger partial charge in [-0.15, -0.1) is 0 Å². The second-order valence-electron chi connectivity index (χ2n) is 7.06. The number of thiazole rings is 1. The van der Waals surface area contributed by atoms with Gasteiger partial charge in [-0.05, 0) is 29.5 Å². The van der Waals surface area contributed by atoms with Crippen molar-refractivity contribution in [3.8, 4) is 22.6 Å². The Morgan fingerprint density at radius 2 is 1.62 bits per heavy atom. The zero-order valence-electron chi connectivity index (χ0n) is 18.2. The van der Waals surface area contributed by atoms with Gasteiger partial charge in [0, 0.05) is 30.0 Å². The van der Waals surface area contributed by atoms with Gasteiger partial charge in [0.05, 0.1) is 24.4 Å². The minimum atomic E-state index is -0.256. The molecular formula is C25H24N2O3S2. The normalized spacial score (nSPS) is 11.7. The number of benzene rings is 3. The van der Waals surface area contributed by atoms with Crippen molar-refractivity contribution in [3.05, 3.63) is 77.1 Å². The van der Waals surface area contributed by atoms with Crippen molar-refractivity contribution in [2.24, 2.45) is 4.99 Å². The van der Waals surface area contributed by atoms with Crippen LogP contribution < -0.4 is 14.3 Å². The van der Waals surface area contributed by atoms with Gasteiger partial charge in [0.25, 0.3) is 5.91 Å². The molecule has 0 N–H and O–H groups in total. The largest absolute Gasteiger partial charge is 0.493 e. The highest BCUT2D eigenvalue weighted by atomic mass is 32.2. The van der Waals surface area contributed by atoms with Gasteiger partial charge in [-0.25, -0.2) is 0 Å². The van der Waals surface area contributed by atoms with E-state index in [9.17, 15) is 4.79 Å². The summed E-state index contributed by atoms with van der Waals surface area (Å²) in [7, 11) is 3.24. The summed E-state index contributed by atoms with van der Waals surface area (Å²) >= 11 is 3.23. The van der Waals surface area contributed by atoms with Crippen LogP contribution in [0.25, 0.3) is 21.3 Å². The lowest BCUT2D eigenvalue weighted by molar-refractivity contribution is 0.0998. The molecule has 7 heteroatoms. The first-order chi connectivity index (χ1) is 15.6. The number of rotatable bonds is 7. The summed E-state index contributed by atoms with van der Waals surface area (Å²) < 4.78 is 14.0. The number of amides is 1. The maximum absolute atomic E-state index is 13.0. The summed E-state index contributed by atoms with van der Waals surface area (Å²) in [6, 6.07) is 21.6. The Labute approximate surface area is 195 Å². The summed E-state index contributed by atoms with van der Waals surface area (Å²) in [6.07, 6.45) is 2.06. The second kappa shape index (κ2) is 10.1. The molecule has 0 saturated carbocycles. The van der Waals surface area contributed by atoms with Crippen LogP contribution in [0.15, 0.2) is 71.7 Å². The number of carbonyl (C=O) groups is 1. The highest BCUT2D eigenvalue weighted by Crippen LogP contribution is 2.33. The molecule has 0 bridgehead atoms. The SMILES string of the molecule is COc1cc2sc(=NC(=O)c3ccc(-c4ccccc4)cc3)n(CCSC)c2cc1OC. The van der Waals surface area contributed by atoms with Crippen LogP contribution in [0, 0.1) is 0 Å². The molecule has 0 spiro atoms. The molecule has 32 heavy (non-hydrogen) atoms. The number of nitrogens with zero attached hydrogens (tertiary/aromatic N) is 2. The molecular weight excluding hydrogens is 440 g/mol. The quantitative estimate of drug-likeness (QED) is 0.363. The molecule has 0 saturated heterocycles. The minimum absolute atomic E-state index is 0.256. The molecule has 0 unspecified atom stereocenters. The van der Waals surface area contributed by atoms with Crippen molar-refractivity contribution in [3.63, 3.8) is 0 Å². The van der Waals surface area contributed by atoms with E-state index in [1.807, 2.05) is 54.6 Å². The highest BCUT2D eigenvalue weighted by Gasteiger charge is 2.14. The maximum Gasteiger partial charge on any atom is 0.279 e. The van der Waals surface area contributed by atoms with E-state index in [2.05, 4.69) is 27.9 Å². The Bertz CT molecular complexity index is 1290. The van der Waals surface area contributed by atoms with Crippen LogP contribution in [0.4, 0.5) is 0 Å². The molecule has 0 aliphatic heterocycles. The number of fused-ring (bicyclic) bond motifs is 1. The molecule has 1 amide bonds. The van der Waals surface area contributed by atoms with Gasteiger partial charge in [0.2, 0.25) is 0 Å². The molecule has 1 aromatic heterocycles. The average molecular weight is 465 g/mol. The number of hydrogen-bond donors (Lipinski definition) is 0. The van der Waals surface area contributed by atoms with E-state index >= 15 is 0 Å². The van der Waals surface area contributed by atoms with Gasteiger partial charge in [0.15, 0.2) is 16.3 Å². The lowest BCUT2D eigenvalue weighted by Crippen LogP contribution is -2.18. The van der Waals surface area contributed by atoms with Crippen LogP contribution in [0.1, 0.15) is 10.4 Å². The van der Waals surface area contributed by atoms with Crippen molar-refractivity contribution in [2.75, 3.05) is 26.2 Å². The predicted molar refractivity (Wildman–Crippen MR) is 133 cm³/mol. The number of aryl methyl sites for hydroxylation is 1. The number of carbonyl (C=O) groups excluding carboxylic acids is 1. The fraction of sp³-hybridized carbons (Fsp3) is 0.200. The van der Waals surface area contributed by atoms with Gasteiger partial charge in [-0.3, -0.25) is 4.79 Å². The molecule has 0 aliphatic carbocycles. The van der Waals surface area contributed by atoms with Crippen molar-refractivity contribution in [1.82, 2.24) is 4.57 Å². The standard InChI is InChI=1S/C25H24N2O3S2/c1-29-21-15-20-23(16-22(21)30-2)32-25(27(20)13-14-31-3)26-24(28)19-11-9-18(10-12-19)17-7-5-4-6-8-17/h4-12,15-16H,13-14H2,1-3H3. The van der Waals surface area contributed by atoms with Gasteiger partial charge in [-0.2, -0.15) is 16.8 Å². The molecule has 1 heterocycles. The van der Waals surface area contributed by atoms with Crippen LogP contribution in [-0.2, 0) is 6.54 Å². The van der Waals surface area contributed by atoms with Crippen LogP contribution in [0.2, 0.25) is 0 Å².